The van der Waals surface area contributed by atoms with Gasteiger partial charge in [-0.3, -0.25) is 14.4 Å². The lowest BCUT2D eigenvalue weighted by atomic mass is 10.0. The molecule has 1 atom stereocenters. The molecular weight excluding hydrogens is 639 g/mol. The lowest BCUT2D eigenvalue weighted by Crippen LogP contribution is -2.30. The number of carbonyl (C=O) groups is 3. The molecule has 246 valence electrons. The molecule has 0 aromatic heterocycles. The summed E-state index contributed by atoms with van der Waals surface area (Å²) in [6.45, 7) is 2.00. The minimum atomic E-state index is -0.553. The Labute approximate surface area is 296 Å². The SMILES string of the molecule is Cc1ccc(NC(=O)C(Sc2cccc(NC(=O)/C(=C\c3ccc(-c4ccccc4)cc3)NC(=O)c3ccccc3)c2)c2ccccc2)cc1. The van der Waals surface area contributed by atoms with Crippen LogP contribution in [0.4, 0.5) is 11.4 Å². The first kappa shape index (κ1) is 33.7. The van der Waals surface area contributed by atoms with Crippen molar-refractivity contribution in [2.45, 2.75) is 17.1 Å². The molecule has 0 aliphatic heterocycles. The van der Waals surface area contributed by atoms with E-state index in [1.54, 1.807) is 36.4 Å². The number of thioether (sulfide) groups is 1. The lowest BCUT2D eigenvalue weighted by molar-refractivity contribution is -0.116. The van der Waals surface area contributed by atoms with Gasteiger partial charge in [-0.05, 0) is 77.7 Å². The first-order valence-electron chi connectivity index (χ1n) is 16.2. The fourth-order valence-electron chi connectivity index (χ4n) is 5.24. The van der Waals surface area contributed by atoms with Crippen LogP contribution < -0.4 is 16.0 Å². The highest BCUT2D eigenvalue weighted by atomic mass is 32.2. The van der Waals surface area contributed by atoms with Crippen LogP contribution in [-0.2, 0) is 9.59 Å². The van der Waals surface area contributed by atoms with Gasteiger partial charge in [0, 0.05) is 21.8 Å². The normalized spacial score (nSPS) is 11.7. The standard InChI is InChI=1S/C43H35N3O3S/c1-30-20-26-36(27-21-30)44-43(49)40(34-14-7-3-8-15-34)50-38-19-11-18-37(29-38)45-42(48)39(46-41(47)35-16-9-4-10-17-35)28-31-22-24-33(25-23-31)32-12-5-2-6-13-32/h2-29,40H,1H3,(H,44,49)(H,45,48)(H,46,47)/b39-28+. The Morgan fingerprint density at radius 2 is 1.22 bits per heavy atom. The van der Waals surface area contributed by atoms with Crippen LogP contribution in [0.5, 0.6) is 0 Å². The third-order valence-corrected chi connectivity index (χ3v) is 9.11. The number of carbonyl (C=O) groups excluding carboxylic acids is 3. The van der Waals surface area contributed by atoms with Crippen LogP contribution in [0.15, 0.2) is 174 Å². The molecule has 0 radical (unpaired) electrons. The summed E-state index contributed by atoms with van der Waals surface area (Å²) in [6.07, 6.45) is 1.66. The summed E-state index contributed by atoms with van der Waals surface area (Å²) < 4.78 is 0. The molecule has 0 heterocycles. The number of nitrogens with one attached hydrogen (secondary N) is 3. The molecule has 7 heteroatoms. The number of anilines is 2. The van der Waals surface area contributed by atoms with Crippen LogP contribution in [0.25, 0.3) is 17.2 Å². The number of aryl methyl sites for hydroxylation is 1. The topological polar surface area (TPSA) is 87.3 Å². The Morgan fingerprint density at radius 3 is 1.90 bits per heavy atom. The third-order valence-electron chi connectivity index (χ3n) is 7.86. The van der Waals surface area contributed by atoms with Crippen LogP contribution in [0.3, 0.4) is 0 Å². The van der Waals surface area contributed by atoms with Gasteiger partial charge in [0.1, 0.15) is 10.9 Å². The van der Waals surface area contributed by atoms with Crippen molar-refractivity contribution in [3.63, 3.8) is 0 Å². The molecule has 6 nitrogen and oxygen atoms in total. The molecule has 6 rings (SSSR count). The number of rotatable bonds is 11. The number of benzene rings is 6. The Morgan fingerprint density at radius 1 is 0.600 bits per heavy atom. The van der Waals surface area contributed by atoms with Crippen molar-refractivity contribution >= 4 is 46.9 Å². The zero-order valence-corrected chi connectivity index (χ0v) is 28.2. The van der Waals surface area contributed by atoms with Crippen LogP contribution in [0, 0.1) is 6.92 Å². The van der Waals surface area contributed by atoms with Gasteiger partial charge in [0.05, 0.1) is 0 Å². The summed E-state index contributed by atoms with van der Waals surface area (Å²) in [5.41, 5.74) is 6.58. The Bertz CT molecular complexity index is 2100. The summed E-state index contributed by atoms with van der Waals surface area (Å²) in [5, 5.41) is 8.25. The van der Waals surface area contributed by atoms with Gasteiger partial charge in [-0.25, -0.2) is 0 Å². The Hall–Kier alpha value is -6.18. The van der Waals surface area contributed by atoms with E-state index in [1.807, 2.05) is 140 Å². The highest BCUT2D eigenvalue weighted by Gasteiger charge is 2.23. The molecule has 3 amide bonds. The van der Waals surface area contributed by atoms with E-state index >= 15 is 0 Å². The minimum absolute atomic E-state index is 0.0870. The molecule has 6 aromatic carbocycles. The summed E-state index contributed by atoms with van der Waals surface area (Å²) in [4.78, 5) is 41.4. The smallest absolute Gasteiger partial charge is 0.272 e. The molecule has 0 aliphatic carbocycles. The van der Waals surface area contributed by atoms with Gasteiger partial charge in [0.2, 0.25) is 5.91 Å². The molecule has 50 heavy (non-hydrogen) atoms. The highest BCUT2D eigenvalue weighted by Crippen LogP contribution is 2.37. The van der Waals surface area contributed by atoms with Crippen molar-refractivity contribution < 1.29 is 14.4 Å². The summed E-state index contributed by atoms with van der Waals surface area (Å²) in [5.74, 6) is -1.05. The lowest BCUT2D eigenvalue weighted by Gasteiger charge is -2.18. The van der Waals surface area contributed by atoms with Crippen molar-refractivity contribution in [2.75, 3.05) is 10.6 Å². The average Bonchev–Trinajstić information content (AvgIpc) is 3.16. The Balaban J connectivity index is 1.23. The number of amides is 3. The summed E-state index contributed by atoms with van der Waals surface area (Å²) in [7, 11) is 0. The Kier molecular flexibility index (Phi) is 11.0. The predicted molar refractivity (Wildman–Crippen MR) is 204 cm³/mol. The van der Waals surface area contributed by atoms with E-state index in [1.165, 1.54) is 11.8 Å². The molecule has 3 N–H and O–H groups in total. The largest absolute Gasteiger partial charge is 0.325 e. The first-order valence-corrected chi connectivity index (χ1v) is 17.0. The molecule has 0 bridgehead atoms. The van der Waals surface area contributed by atoms with Gasteiger partial charge in [0.15, 0.2) is 0 Å². The van der Waals surface area contributed by atoms with Gasteiger partial charge >= 0.3 is 0 Å². The molecule has 0 saturated heterocycles. The molecule has 0 aliphatic rings. The van der Waals surface area contributed by atoms with Gasteiger partial charge in [0.25, 0.3) is 11.8 Å². The van der Waals surface area contributed by atoms with Crippen LogP contribution in [0.2, 0.25) is 0 Å². The van der Waals surface area contributed by atoms with E-state index in [2.05, 4.69) is 16.0 Å². The zero-order valence-electron chi connectivity index (χ0n) is 27.4. The second kappa shape index (κ2) is 16.3. The minimum Gasteiger partial charge on any atom is -0.325 e. The third kappa shape index (κ3) is 9.04. The van der Waals surface area contributed by atoms with Crippen LogP contribution in [0.1, 0.15) is 32.3 Å². The van der Waals surface area contributed by atoms with Crippen molar-refractivity contribution in [1.29, 1.82) is 0 Å². The molecule has 0 spiro atoms. The van der Waals surface area contributed by atoms with Crippen molar-refractivity contribution in [2.24, 2.45) is 0 Å². The highest BCUT2D eigenvalue weighted by molar-refractivity contribution is 8.00. The van der Waals surface area contributed by atoms with Crippen molar-refractivity contribution in [1.82, 2.24) is 5.32 Å². The van der Waals surface area contributed by atoms with Crippen LogP contribution in [-0.4, -0.2) is 17.7 Å². The quantitative estimate of drug-likeness (QED) is 0.0945. The maximum absolute atomic E-state index is 13.8. The average molecular weight is 674 g/mol. The monoisotopic (exact) mass is 673 g/mol. The van der Waals surface area contributed by atoms with Gasteiger partial charge in [-0.1, -0.05) is 127 Å². The van der Waals surface area contributed by atoms with E-state index in [4.69, 9.17) is 0 Å². The molecular formula is C43H35N3O3S. The van der Waals surface area contributed by atoms with E-state index in [-0.39, 0.29) is 11.6 Å². The maximum atomic E-state index is 13.8. The molecule has 0 saturated carbocycles. The number of hydrogen-bond donors (Lipinski definition) is 3. The van der Waals surface area contributed by atoms with E-state index in [0.717, 1.165) is 38.4 Å². The summed E-state index contributed by atoms with van der Waals surface area (Å²) >= 11 is 1.38. The van der Waals surface area contributed by atoms with Gasteiger partial charge < -0.3 is 16.0 Å². The fraction of sp³-hybridized carbons (Fsp3) is 0.0465. The maximum Gasteiger partial charge on any atom is 0.272 e. The number of hydrogen-bond acceptors (Lipinski definition) is 4. The van der Waals surface area contributed by atoms with Crippen molar-refractivity contribution in [3.8, 4) is 11.1 Å². The van der Waals surface area contributed by atoms with E-state index in [9.17, 15) is 14.4 Å². The molecule has 0 fully saturated rings. The van der Waals surface area contributed by atoms with Gasteiger partial charge in [-0.15, -0.1) is 11.8 Å². The molecule has 6 aromatic rings. The van der Waals surface area contributed by atoms with Crippen molar-refractivity contribution in [3.05, 3.63) is 192 Å². The first-order chi connectivity index (χ1) is 24.4. The van der Waals surface area contributed by atoms with E-state index in [0.29, 0.717) is 11.3 Å². The predicted octanol–water partition coefficient (Wildman–Crippen LogP) is 9.54. The zero-order chi connectivity index (χ0) is 34.7. The van der Waals surface area contributed by atoms with Crippen LogP contribution >= 0.6 is 11.8 Å². The summed E-state index contributed by atoms with van der Waals surface area (Å²) in [6, 6.07) is 51.1. The molecule has 1 unspecified atom stereocenters. The second-order valence-electron chi connectivity index (χ2n) is 11.6. The second-order valence-corrected chi connectivity index (χ2v) is 12.8. The fourth-order valence-corrected chi connectivity index (χ4v) is 6.32. The van der Waals surface area contributed by atoms with E-state index < -0.39 is 17.1 Å². The van der Waals surface area contributed by atoms with Gasteiger partial charge in [-0.2, -0.15) is 0 Å².